The third-order valence-corrected chi connectivity index (χ3v) is 4.37. The number of para-hydroxylation sites is 1. The molecule has 7 heteroatoms. The fourth-order valence-electron chi connectivity index (χ4n) is 2.39. The van der Waals surface area contributed by atoms with Crippen molar-refractivity contribution >= 4 is 22.2 Å². The Morgan fingerprint density at radius 3 is 2.76 bits per heavy atom. The molecule has 1 saturated carbocycles. The molecule has 0 saturated heterocycles. The molecule has 0 amide bonds. The van der Waals surface area contributed by atoms with Gasteiger partial charge in [0.05, 0.1) is 4.92 Å². The molecule has 110 valence electrons. The zero-order valence-corrected chi connectivity index (χ0v) is 12.3. The quantitative estimate of drug-likeness (QED) is 0.655. The molecule has 0 radical (unpaired) electrons. The van der Waals surface area contributed by atoms with Crippen molar-refractivity contribution < 1.29 is 4.92 Å². The number of aromatic nitrogens is 1. The van der Waals surface area contributed by atoms with Crippen molar-refractivity contribution in [3.05, 3.63) is 51.0 Å². The highest BCUT2D eigenvalue weighted by atomic mass is 32.1. The summed E-state index contributed by atoms with van der Waals surface area (Å²) in [5.74, 6) is 0. The molecule has 3 rings (SSSR count). The lowest BCUT2D eigenvalue weighted by Gasteiger charge is -2.21. The van der Waals surface area contributed by atoms with Crippen LogP contribution in [0.2, 0.25) is 0 Å². The van der Waals surface area contributed by atoms with E-state index in [1.165, 1.54) is 11.3 Å². The summed E-state index contributed by atoms with van der Waals surface area (Å²) in [4.78, 5) is 18.2. The number of hydrogen-bond acceptors (Lipinski definition) is 6. The van der Waals surface area contributed by atoms with Crippen LogP contribution in [-0.2, 0) is 13.1 Å². The Hall–Kier alpha value is -1.99. The molecule has 0 atom stereocenters. The molecule has 0 bridgehead atoms. The molecule has 1 aromatic heterocycles. The third kappa shape index (κ3) is 3.37. The summed E-state index contributed by atoms with van der Waals surface area (Å²) in [5.41, 5.74) is 6.61. The average molecular weight is 304 g/mol. The van der Waals surface area contributed by atoms with E-state index in [-0.39, 0.29) is 10.6 Å². The Balaban J connectivity index is 1.78. The van der Waals surface area contributed by atoms with Crippen molar-refractivity contribution in [3.8, 4) is 0 Å². The van der Waals surface area contributed by atoms with E-state index >= 15 is 0 Å². The van der Waals surface area contributed by atoms with E-state index < -0.39 is 0 Å². The van der Waals surface area contributed by atoms with Crippen LogP contribution in [0.5, 0.6) is 0 Å². The second kappa shape index (κ2) is 5.79. The topological polar surface area (TPSA) is 85.3 Å². The van der Waals surface area contributed by atoms with Crippen LogP contribution in [-0.4, -0.2) is 20.8 Å². The van der Waals surface area contributed by atoms with Gasteiger partial charge in [-0.1, -0.05) is 18.2 Å². The molecule has 2 N–H and O–H groups in total. The van der Waals surface area contributed by atoms with Crippen LogP contribution >= 0.6 is 11.3 Å². The number of nitro groups is 1. The Morgan fingerprint density at radius 1 is 1.38 bits per heavy atom. The Bertz CT molecular complexity index is 654. The molecule has 6 nitrogen and oxygen atoms in total. The van der Waals surface area contributed by atoms with Gasteiger partial charge in [0.1, 0.15) is 0 Å². The second-order valence-electron chi connectivity index (χ2n) is 5.19. The number of nitrogens with two attached hydrogens (primary N) is 1. The first-order chi connectivity index (χ1) is 10.1. The van der Waals surface area contributed by atoms with E-state index in [1.807, 2.05) is 12.1 Å². The van der Waals surface area contributed by atoms with Crippen molar-refractivity contribution in [3.63, 3.8) is 0 Å². The summed E-state index contributed by atoms with van der Waals surface area (Å²) in [6, 6.07) is 7.44. The SMILES string of the molecule is Nc1ncc(CN(Cc2ccccc2[N+](=O)[O-])C2CC2)s1. The van der Waals surface area contributed by atoms with Crippen LogP contribution in [0.1, 0.15) is 23.3 Å². The third-order valence-electron chi connectivity index (χ3n) is 3.56. The maximum atomic E-state index is 11.1. The fraction of sp³-hybridized carbons (Fsp3) is 0.357. The van der Waals surface area contributed by atoms with Crippen LogP contribution in [0.15, 0.2) is 30.5 Å². The summed E-state index contributed by atoms with van der Waals surface area (Å²) in [6.07, 6.45) is 4.08. The molecule has 1 fully saturated rings. The van der Waals surface area contributed by atoms with Gasteiger partial charge in [-0.2, -0.15) is 0 Å². The van der Waals surface area contributed by atoms with Gasteiger partial charge in [0, 0.05) is 41.8 Å². The molecular weight excluding hydrogens is 288 g/mol. The number of hydrogen-bond donors (Lipinski definition) is 1. The van der Waals surface area contributed by atoms with Gasteiger partial charge in [-0.25, -0.2) is 4.98 Å². The van der Waals surface area contributed by atoms with Gasteiger partial charge in [-0.15, -0.1) is 11.3 Å². The van der Waals surface area contributed by atoms with Crippen molar-refractivity contribution in [1.29, 1.82) is 0 Å². The Labute approximate surface area is 126 Å². The lowest BCUT2D eigenvalue weighted by Crippen LogP contribution is -2.25. The predicted molar refractivity (Wildman–Crippen MR) is 81.9 cm³/mol. The number of nitrogen functional groups attached to an aromatic ring is 1. The summed E-state index contributed by atoms with van der Waals surface area (Å²) in [7, 11) is 0. The van der Waals surface area contributed by atoms with Crippen LogP contribution in [0.3, 0.4) is 0 Å². The summed E-state index contributed by atoms with van der Waals surface area (Å²) < 4.78 is 0. The highest BCUT2D eigenvalue weighted by Gasteiger charge is 2.30. The van der Waals surface area contributed by atoms with Crippen molar-refractivity contribution in [2.75, 3.05) is 5.73 Å². The Kier molecular flexibility index (Phi) is 3.85. The zero-order valence-electron chi connectivity index (χ0n) is 11.4. The molecular formula is C14H16N4O2S. The van der Waals surface area contributed by atoms with Gasteiger partial charge in [-0.05, 0) is 12.8 Å². The van der Waals surface area contributed by atoms with E-state index in [0.717, 1.165) is 29.8 Å². The Morgan fingerprint density at radius 2 is 2.14 bits per heavy atom. The highest BCUT2D eigenvalue weighted by molar-refractivity contribution is 7.15. The van der Waals surface area contributed by atoms with E-state index in [9.17, 15) is 10.1 Å². The van der Waals surface area contributed by atoms with E-state index in [0.29, 0.717) is 17.7 Å². The minimum atomic E-state index is -0.314. The molecule has 1 aromatic carbocycles. The predicted octanol–water partition coefficient (Wildman–Crippen LogP) is 2.80. The van der Waals surface area contributed by atoms with Crippen LogP contribution in [0, 0.1) is 10.1 Å². The van der Waals surface area contributed by atoms with Gasteiger partial charge in [-0.3, -0.25) is 15.0 Å². The van der Waals surface area contributed by atoms with E-state index in [1.54, 1.807) is 18.3 Å². The lowest BCUT2D eigenvalue weighted by atomic mass is 10.1. The van der Waals surface area contributed by atoms with Gasteiger partial charge >= 0.3 is 0 Å². The molecule has 0 spiro atoms. The maximum Gasteiger partial charge on any atom is 0.273 e. The lowest BCUT2D eigenvalue weighted by molar-refractivity contribution is -0.385. The van der Waals surface area contributed by atoms with Crippen molar-refractivity contribution in [2.45, 2.75) is 32.0 Å². The zero-order chi connectivity index (χ0) is 14.8. The van der Waals surface area contributed by atoms with Gasteiger partial charge in [0.25, 0.3) is 5.69 Å². The molecule has 21 heavy (non-hydrogen) atoms. The van der Waals surface area contributed by atoms with Gasteiger partial charge in [0.15, 0.2) is 5.13 Å². The molecule has 1 aliphatic carbocycles. The van der Waals surface area contributed by atoms with Crippen LogP contribution in [0.25, 0.3) is 0 Å². The first-order valence-electron chi connectivity index (χ1n) is 6.80. The number of anilines is 1. The van der Waals surface area contributed by atoms with Gasteiger partial charge < -0.3 is 5.73 Å². The average Bonchev–Trinajstić information content (AvgIpc) is 3.22. The maximum absolute atomic E-state index is 11.1. The van der Waals surface area contributed by atoms with Crippen LogP contribution < -0.4 is 5.73 Å². The smallest absolute Gasteiger partial charge is 0.273 e. The number of thiazole rings is 1. The first-order valence-corrected chi connectivity index (χ1v) is 7.61. The van der Waals surface area contributed by atoms with Crippen LogP contribution in [0.4, 0.5) is 10.8 Å². The molecule has 0 aliphatic heterocycles. The minimum absolute atomic E-state index is 0.187. The monoisotopic (exact) mass is 304 g/mol. The van der Waals surface area contributed by atoms with E-state index in [2.05, 4.69) is 9.88 Å². The standard InChI is InChI=1S/C14H16N4O2S/c15-14-16-7-12(21-14)9-17(11-5-6-11)8-10-3-1-2-4-13(10)18(19)20/h1-4,7,11H,5-6,8-9H2,(H2,15,16). The summed E-state index contributed by atoms with van der Waals surface area (Å²) >= 11 is 1.47. The first kappa shape index (κ1) is 14.0. The molecule has 1 aliphatic rings. The second-order valence-corrected chi connectivity index (χ2v) is 6.33. The molecule has 1 heterocycles. The number of nitro benzene ring substituents is 1. The molecule has 2 aromatic rings. The van der Waals surface area contributed by atoms with Crippen molar-refractivity contribution in [1.82, 2.24) is 9.88 Å². The summed E-state index contributed by atoms with van der Waals surface area (Å²) in [5, 5.41) is 11.7. The molecule has 0 unspecified atom stereocenters. The minimum Gasteiger partial charge on any atom is -0.375 e. The number of benzene rings is 1. The fourth-order valence-corrected chi connectivity index (χ4v) is 3.10. The van der Waals surface area contributed by atoms with Gasteiger partial charge in [0.2, 0.25) is 0 Å². The number of nitrogens with zero attached hydrogens (tertiary/aromatic N) is 3. The normalized spacial score (nSPS) is 14.5. The summed E-state index contributed by atoms with van der Waals surface area (Å²) in [6.45, 7) is 1.32. The number of rotatable bonds is 6. The largest absolute Gasteiger partial charge is 0.375 e. The highest BCUT2D eigenvalue weighted by Crippen LogP contribution is 2.32. The van der Waals surface area contributed by atoms with Crippen molar-refractivity contribution in [2.24, 2.45) is 0 Å². The van der Waals surface area contributed by atoms with E-state index in [4.69, 9.17) is 5.73 Å².